The molecule has 0 amide bonds. The minimum absolute atomic E-state index is 0.0317. The Balaban J connectivity index is 1.36. The monoisotopic (exact) mass is 502 g/mol. The second-order valence-electron chi connectivity index (χ2n) is 10.3. The molecule has 0 saturated heterocycles. The number of nitrogens with one attached hydrogen (secondary N) is 2. The van der Waals surface area contributed by atoms with Crippen LogP contribution in [0.25, 0.3) is 0 Å². The molecule has 1 aromatic carbocycles. The Labute approximate surface area is 218 Å². The first-order valence-corrected chi connectivity index (χ1v) is 12.5. The van der Waals surface area contributed by atoms with Gasteiger partial charge in [0.1, 0.15) is 11.7 Å². The first-order valence-electron chi connectivity index (χ1n) is 12.5. The molecular weight excluding hydrogens is 464 g/mol. The van der Waals surface area contributed by atoms with Gasteiger partial charge in [-0.25, -0.2) is 18.3 Å². The molecule has 2 heterocycles. The summed E-state index contributed by atoms with van der Waals surface area (Å²) in [6, 6.07) is 8.01. The molecule has 0 bridgehead atoms. The zero-order valence-electron chi connectivity index (χ0n) is 22.6. The van der Waals surface area contributed by atoms with Crippen LogP contribution in [-0.4, -0.2) is 34.3 Å². The first kappa shape index (κ1) is 26.2. The number of aromatic nitrogens is 4. The average Bonchev–Trinajstić information content (AvgIpc) is 3.39. The number of hydrogen-bond acceptors (Lipinski definition) is 6. The number of aryl methyl sites for hydroxylation is 4. The van der Waals surface area contributed by atoms with E-state index in [-0.39, 0.29) is 17.5 Å². The molecule has 2 unspecified atom stereocenters. The van der Waals surface area contributed by atoms with Crippen LogP contribution in [0.5, 0.6) is 0 Å². The van der Waals surface area contributed by atoms with Gasteiger partial charge in [-0.3, -0.25) is 0 Å². The highest BCUT2D eigenvalue weighted by molar-refractivity contribution is 5.64. The Bertz CT molecular complexity index is 1290. The second-order valence-corrected chi connectivity index (χ2v) is 10.3. The lowest BCUT2D eigenvalue weighted by Gasteiger charge is -2.29. The lowest BCUT2D eigenvalue weighted by atomic mass is 9.92. The van der Waals surface area contributed by atoms with Crippen LogP contribution in [0.3, 0.4) is 0 Å². The second kappa shape index (κ2) is 11.4. The molecule has 1 aliphatic carbocycles. The van der Waals surface area contributed by atoms with E-state index in [1.807, 2.05) is 102 Å². The van der Waals surface area contributed by atoms with Gasteiger partial charge in [0.2, 0.25) is 0 Å². The molecule has 0 saturated carbocycles. The molecule has 10 nitrogen and oxygen atoms in total. The standard InChI is InChI=1S/C27H37N10/c1-27(2,19-28-21-11-7-9-13-23(21)30-32-25-34(3)15-16-35(25)4)20-29-22-12-8-10-14-24(22)31-33-26-36(5)17-18-37(26)6/h7-18,21,23,28H,19-20H2,1-6H3/q+1/p+1. The van der Waals surface area contributed by atoms with Gasteiger partial charge >= 0.3 is 11.9 Å². The van der Waals surface area contributed by atoms with Crippen LogP contribution in [0, 0.1) is 5.41 Å². The SMILES string of the molecule is Cn1cc[n+](C)c1N=Nc1ccccc1NCC(C)(C)CNC1C=CC=CC1N=Nc1n(C)cc[n+]1C. The molecule has 0 fully saturated rings. The molecule has 0 radical (unpaired) electrons. The predicted octanol–water partition coefficient (Wildman–Crippen LogP) is 4.10. The highest BCUT2D eigenvalue weighted by Crippen LogP contribution is 2.27. The normalized spacial score (nSPS) is 17.9. The van der Waals surface area contributed by atoms with Crippen molar-refractivity contribution in [3.05, 3.63) is 73.4 Å². The fraction of sp³-hybridized carbons (Fsp3) is 0.407. The Hall–Kier alpha value is -3.92. The highest BCUT2D eigenvalue weighted by atomic mass is 15.3. The van der Waals surface area contributed by atoms with E-state index in [2.05, 4.69) is 63.2 Å². The molecule has 2 N–H and O–H groups in total. The number of imidazole rings is 2. The number of hydrogen-bond donors (Lipinski definition) is 2. The van der Waals surface area contributed by atoms with Crippen LogP contribution in [-0.2, 0) is 28.2 Å². The van der Waals surface area contributed by atoms with Crippen molar-refractivity contribution in [3.63, 3.8) is 0 Å². The van der Waals surface area contributed by atoms with Crippen LogP contribution in [0.15, 0.2) is 93.8 Å². The maximum Gasteiger partial charge on any atom is 0.421 e. The zero-order valence-corrected chi connectivity index (χ0v) is 22.6. The summed E-state index contributed by atoms with van der Waals surface area (Å²) in [7, 11) is 7.85. The Morgan fingerprint density at radius 2 is 1.51 bits per heavy atom. The smallest absolute Gasteiger partial charge is 0.383 e. The van der Waals surface area contributed by atoms with E-state index in [4.69, 9.17) is 0 Å². The van der Waals surface area contributed by atoms with E-state index in [1.54, 1.807) is 0 Å². The van der Waals surface area contributed by atoms with Crippen molar-refractivity contribution < 1.29 is 9.13 Å². The van der Waals surface area contributed by atoms with Gasteiger partial charge in [0.05, 0.1) is 64.7 Å². The maximum atomic E-state index is 4.63. The van der Waals surface area contributed by atoms with Gasteiger partial charge in [-0.2, -0.15) is 0 Å². The third-order valence-electron chi connectivity index (χ3n) is 6.40. The quantitative estimate of drug-likeness (QED) is 0.323. The minimum atomic E-state index is -0.0661. The van der Waals surface area contributed by atoms with Gasteiger partial charge in [-0.1, -0.05) is 55.4 Å². The van der Waals surface area contributed by atoms with E-state index in [0.29, 0.717) is 0 Å². The number of allylic oxidation sites excluding steroid dienone is 2. The number of nitrogens with zero attached hydrogens (tertiary/aromatic N) is 8. The number of rotatable bonds is 10. The van der Waals surface area contributed by atoms with Crippen molar-refractivity contribution in [2.24, 2.45) is 54.1 Å². The summed E-state index contributed by atoms with van der Waals surface area (Å²) >= 11 is 0. The molecule has 2 aromatic heterocycles. The lowest BCUT2D eigenvalue weighted by molar-refractivity contribution is -0.657. The average molecular weight is 503 g/mol. The lowest BCUT2D eigenvalue weighted by Crippen LogP contribution is -2.44. The molecule has 10 heteroatoms. The van der Waals surface area contributed by atoms with Crippen LogP contribution < -0.4 is 19.8 Å². The number of benzene rings is 1. The first-order chi connectivity index (χ1) is 17.7. The molecule has 0 aliphatic heterocycles. The molecule has 1 aliphatic rings. The third kappa shape index (κ3) is 6.65. The van der Waals surface area contributed by atoms with Crippen molar-refractivity contribution in [2.45, 2.75) is 25.9 Å². The van der Waals surface area contributed by atoms with E-state index in [1.165, 1.54) is 0 Å². The highest BCUT2D eigenvalue weighted by Gasteiger charge is 2.25. The summed E-state index contributed by atoms with van der Waals surface area (Å²) in [5.74, 6) is 1.59. The fourth-order valence-electron chi connectivity index (χ4n) is 4.06. The van der Waals surface area contributed by atoms with E-state index < -0.39 is 0 Å². The fourth-order valence-corrected chi connectivity index (χ4v) is 4.06. The van der Waals surface area contributed by atoms with Crippen molar-refractivity contribution in [2.75, 3.05) is 18.4 Å². The summed E-state index contributed by atoms with van der Waals surface area (Å²) < 4.78 is 7.80. The zero-order chi connectivity index (χ0) is 26.4. The Morgan fingerprint density at radius 1 is 0.865 bits per heavy atom. The number of anilines is 1. The van der Waals surface area contributed by atoms with E-state index in [9.17, 15) is 0 Å². The summed E-state index contributed by atoms with van der Waals surface area (Å²) in [5, 5.41) is 25.4. The molecule has 3 aromatic rings. The largest absolute Gasteiger partial charge is 0.421 e. The van der Waals surface area contributed by atoms with Gasteiger partial charge in [0, 0.05) is 23.3 Å². The van der Waals surface area contributed by atoms with Gasteiger partial charge in [0.15, 0.2) is 0 Å². The van der Waals surface area contributed by atoms with Gasteiger partial charge in [0.25, 0.3) is 0 Å². The maximum absolute atomic E-state index is 4.63. The predicted molar refractivity (Wildman–Crippen MR) is 144 cm³/mol. The number of para-hydroxylation sites is 1. The van der Waals surface area contributed by atoms with Crippen LogP contribution in [0.2, 0.25) is 0 Å². The van der Waals surface area contributed by atoms with Crippen LogP contribution in [0.4, 0.5) is 23.3 Å². The summed E-state index contributed by atoms with van der Waals surface area (Å²) in [6.07, 6.45) is 16.2. The number of azo groups is 2. The van der Waals surface area contributed by atoms with Crippen LogP contribution in [0.1, 0.15) is 13.8 Å². The summed E-state index contributed by atoms with van der Waals surface area (Å²) in [5.41, 5.74) is 1.73. The minimum Gasteiger partial charge on any atom is -0.383 e. The molecule has 194 valence electrons. The molecule has 37 heavy (non-hydrogen) atoms. The Morgan fingerprint density at radius 3 is 2.19 bits per heavy atom. The molecule has 0 spiro atoms. The van der Waals surface area contributed by atoms with Crippen molar-refractivity contribution in [1.82, 2.24) is 14.5 Å². The van der Waals surface area contributed by atoms with E-state index >= 15 is 0 Å². The van der Waals surface area contributed by atoms with Gasteiger partial charge in [-0.05, 0) is 17.5 Å². The molecule has 4 rings (SSSR count). The molecular formula is C27H38N10+2. The van der Waals surface area contributed by atoms with E-state index in [0.717, 1.165) is 36.4 Å². The van der Waals surface area contributed by atoms with Crippen molar-refractivity contribution in [1.29, 1.82) is 0 Å². The van der Waals surface area contributed by atoms with Crippen molar-refractivity contribution in [3.8, 4) is 0 Å². The topological polar surface area (TPSA) is 91.1 Å². The third-order valence-corrected chi connectivity index (χ3v) is 6.40. The summed E-state index contributed by atoms with van der Waals surface area (Å²) in [4.78, 5) is 0. The van der Waals surface area contributed by atoms with Gasteiger partial charge < -0.3 is 10.6 Å². The van der Waals surface area contributed by atoms with Crippen molar-refractivity contribution >= 4 is 23.3 Å². The molecule has 2 atom stereocenters. The summed E-state index contributed by atoms with van der Waals surface area (Å²) in [6.45, 7) is 6.05. The van der Waals surface area contributed by atoms with Crippen LogP contribution >= 0.6 is 0 Å². The Kier molecular flexibility index (Phi) is 8.08. The van der Waals surface area contributed by atoms with Gasteiger partial charge in [-0.15, -0.1) is 5.11 Å².